The van der Waals surface area contributed by atoms with E-state index in [9.17, 15) is 4.79 Å². The van der Waals surface area contributed by atoms with Gasteiger partial charge in [-0.05, 0) is 55.9 Å². The van der Waals surface area contributed by atoms with Crippen LogP contribution in [0.15, 0.2) is 65.1 Å². The van der Waals surface area contributed by atoms with Crippen LogP contribution in [0.5, 0.6) is 5.75 Å². The van der Waals surface area contributed by atoms with Crippen molar-refractivity contribution in [3.05, 3.63) is 80.8 Å². The molecular formula is C23H23N5O2S2. The second-order valence-electron chi connectivity index (χ2n) is 7.20. The zero-order chi connectivity index (χ0) is 22.5. The first-order valence-corrected chi connectivity index (χ1v) is 11.5. The van der Waals surface area contributed by atoms with E-state index in [1.165, 1.54) is 16.9 Å². The van der Waals surface area contributed by atoms with Gasteiger partial charge in [-0.25, -0.2) is 0 Å². The molecule has 0 unspecified atom stereocenters. The van der Waals surface area contributed by atoms with Crippen LogP contribution in [0.4, 0.5) is 0 Å². The fourth-order valence-electron chi connectivity index (χ4n) is 3.23. The first kappa shape index (κ1) is 21.9. The number of hydrogen-bond acceptors (Lipinski definition) is 5. The summed E-state index contributed by atoms with van der Waals surface area (Å²) in [7, 11) is 0. The van der Waals surface area contributed by atoms with E-state index in [0.717, 1.165) is 16.9 Å². The first-order chi connectivity index (χ1) is 15.5. The van der Waals surface area contributed by atoms with Crippen molar-refractivity contribution < 1.29 is 9.53 Å². The van der Waals surface area contributed by atoms with Gasteiger partial charge in [-0.15, -0.1) is 11.3 Å². The summed E-state index contributed by atoms with van der Waals surface area (Å²) in [4.78, 5) is 17.8. The van der Waals surface area contributed by atoms with E-state index in [1.807, 2.05) is 47.3 Å². The SMILES string of the molecule is CCOc1ccc(-c2n[nH]c(=S)n2CC(=O)N=c2sccn2Cc2ccc(C)cc2)cc1. The summed E-state index contributed by atoms with van der Waals surface area (Å²) in [5, 5.41) is 9.00. The number of aryl methyl sites for hydroxylation is 1. The van der Waals surface area contributed by atoms with Gasteiger partial charge >= 0.3 is 0 Å². The maximum Gasteiger partial charge on any atom is 0.268 e. The van der Waals surface area contributed by atoms with Gasteiger partial charge < -0.3 is 9.30 Å². The number of benzene rings is 2. The summed E-state index contributed by atoms with van der Waals surface area (Å²) in [5.74, 6) is 1.06. The average molecular weight is 466 g/mol. The number of amides is 1. The van der Waals surface area contributed by atoms with E-state index in [2.05, 4.69) is 46.4 Å². The molecule has 4 aromatic rings. The zero-order valence-electron chi connectivity index (χ0n) is 17.8. The highest BCUT2D eigenvalue weighted by atomic mass is 32.1. The minimum atomic E-state index is -0.296. The minimum absolute atomic E-state index is 0.000307. The van der Waals surface area contributed by atoms with Gasteiger partial charge in [-0.3, -0.25) is 14.5 Å². The molecule has 0 atom stereocenters. The maximum absolute atomic E-state index is 12.8. The van der Waals surface area contributed by atoms with Gasteiger partial charge in [0.05, 0.1) is 6.61 Å². The van der Waals surface area contributed by atoms with Gasteiger partial charge in [0.15, 0.2) is 15.4 Å². The summed E-state index contributed by atoms with van der Waals surface area (Å²) in [6.45, 7) is 5.25. The number of carbonyl (C=O) groups is 1. The molecule has 0 spiro atoms. The van der Waals surface area contributed by atoms with Gasteiger partial charge in [0.2, 0.25) is 0 Å². The highest BCUT2D eigenvalue weighted by Gasteiger charge is 2.13. The Bertz CT molecular complexity index is 1330. The molecular weight excluding hydrogens is 442 g/mol. The lowest BCUT2D eigenvalue weighted by atomic mass is 10.1. The number of aromatic nitrogens is 4. The summed E-state index contributed by atoms with van der Waals surface area (Å²) >= 11 is 6.78. The fourth-order valence-corrected chi connectivity index (χ4v) is 4.17. The Hall–Kier alpha value is -3.30. The lowest BCUT2D eigenvalue weighted by Gasteiger charge is -2.07. The molecule has 0 fully saturated rings. The number of aromatic amines is 1. The molecule has 164 valence electrons. The Balaban J connectivity index is 1.55. The number of nitrogens with one attached hydrogen (secondary N) is 1. The van der Waals surface area contributed by atoms with Crippen molar-refractivity contribution in [1.82, 2.24) is 19.3 Å². The van der Waals surface area contributed by atoms with Crippen LogP contribution in [0.2, 0.25) is 0 Å². The number of ether oxygens (including phenoxy) is 1. The van der Waals surface area contributed by atoms with Gasteiger partial charge in [-0.1, -0.05) is 29.8 Å². The van der Waals surface area contributed by atoms with Crippen LogP contribution in [0.1, 0.15) is 18.1 Å². The predicted molar refractivity (Wildman–Crippen MR) is 127 cm³/mol. The van der Waals surface area contributed by atoms with Gasteiger partial charge in [0, 0.05) is 23.7 Å². The number of H-pyrrole nitrogens is 1. The summed E-state index contributed by atoms with van der Waals surface area (Å²) in [6.07, 6.45) is 1.94. The maximum atomic E-state index is 12.8. The largest absolute Gasteiger partial charge is 0.494 e. The fraction of sp³-hybridized carbons (Fsp3) is 0.217. The van der Waals surface area contributed by atoms with Crippen LogP contribution in [-0.4, -0.2) is 31.8 Å². The Kier molecular flexibility index (Phi) is 6.77. The molecule has 0 saturated heterocycles. The summed E-state index contributed by atoms with van der Waals surface area (Å²) in [5.41, 5.74) is 3.20. The third-order valence-corrected chi connectivity index (χ3v) is 5.94. The Morgan fingerprint density at radius 3 is 2.66 bits per heavy atom. The lowest BCUT2D eigenvalue weighted by molar-refractivity contribution is -0.118. The molecule has 2 aromatic heterocycles. The molecule has 0 aliphatic heterocycles. The van der Waals surface area contributed by atoms with Crippen LogP contribution < -0.4 is 9.54 Å². The zero-order valence-corrected chi connectivity index (χ0v) is 19.4. The highest BCUT2D eigenvalue weighted by Crippen LogP contribution is 2.21. The standard InChI is InChI=1S/C23H23N5O2S2/c1-3-30-19-10-8-18(9-11-19)21-25-26-22(31)28(21)15-20(29)24-23-27(12-13-32-23)14-17-6-4-16(2)5-7-17/h4-13H,3,14-15H2,1-2H3,(H,26,31). The minimum Gasteiger partial charge on any atom is -0.494 e. The lowest BCUT2D eigenvalue weighted by Crippen LogP contribution is -2.19. The van der Waals surface area contributed by atoms with Crippen LogP contribution in [0.3, 0.4) is 0 Å². The van der Waals surface area contributed by atoms with Crippen molar-refractivity contribution in [3.63, 3.8) is 0 Å². The molecule has 32 heavy (non-hydrogen) atoms. The van der Waals surface area contributed by atoms with Crippen molar-refractivity contribution in [2.45, 2.75) is 26.9 Å². The number of carbonyl (C=O) groups excluding carboxylic acids is 1. The van der Waals surface area contributed by atoms with Crippen LogP contribution >= 0.6 is 23.6 Å². The molecule has 0 bridgehead atoms. The van der Waals surface area contributed by atoms with Gasteiger partial charge in [0.25, 0.3) is 5.91 Å². The predicted octanol–water partition coefficient (Wildman–Crippen LogP) is 4.35. The molecule has 0 aliphatic carbocycles. The Morgan fingerprint density at radius 2 is 1.94 bits per heavy atom. The van der Waals surface area contributed by atoms with Crippen LogP contribution in [0, 0.1) is 11.7 Å². The van der Waals surface area contributed by atoms with E-state index in [0.29, 0.717) is 28.5 Å². The molecule has 0 saturated carbocycles. The second-order valence-corrected chi connectivity index (χ2v) is 8.46. The van der Waals surface area contributed by atoms with E-state index in [-0.39, 0.29) is 12.5 Å². The van der Waals surface area contributed by atoms with Crippen LogP contribution in [0.25, 0.3) is 11.4 Å². The van der Waals surface area contributed by atoms with Crippen LogP contribution in [-0.2, 0) is 17.9 Å². The second kappa shape index (κ2) is 9.88. The normalized spacial score (nSPS) is 11.6. The molecule has 0 radical (unpaired) electrons. The number of rotatable bonds is 7. The number of thiazole rings is 1. The average Bonchev–Trinajstić information content (AvgIpc) is 3.37. The van der Waals surface area contributed by atoms with E-state index >= 15 is 0 Å². The Labute approximate surface area is 194 Å². The van der Waals surface area contributed by atoms with Crippen molar-refractivity contribution in [2.75, 3.05) is 6.61 Å². The molecule has 0 aliphatic rings. The van der Waals surface area contributed by atoms with Crippen molar-refractivity contribution in [3.8, 4) is 17.1 Å². The molecule has 7 nitrogen and oxygen atoms in total. The molecule has 4 rings (SSSR count). The monoisotopic (exact) mass is 465 g/mol. The number of hydrogen-bond donors (Lipinski definition) is 1. The molecule has 2 heterocycles. The molecule has 1 amide bonds. The van der Waals surface area contributed by atoms with E-state index in [4.69, 9.17) is 17.0 Å². The summed E-state index contributed by atoms with van der Waals surface area (Å²) < 4.78 is 9.49. The van der Waals surface area contributed by atoms with Crippen molar-refractivity contribution >= 4 is 29.5 Å². The smallest absolute Gasteiger partial charge is 0.268 e. The third-order valence-electron chi connectivity index (χ3n) is 4.83. The van der Waals surface area contributed by atoms with Crippen molar-refractivity contribution in [2.24, 2.45) is 4.99 Å². The summed E-state index contributed by atoms with van der Waals surface area (Å²) in [6, 6.07) is 15.8. The van der Waals surface area contributed by atoms with E-state index in [1.54, 1.807) is 4.57 Å². The Morgan fingerprint density at radius 1 is 1.19 bits per heavy atom. The topological polar surface area (TPSA) is 77.2 Å². The number of nitrogens with zero attached hydrogens (tertiary/aromatic N) is 4. The van der Waals surface area contributed by atoms with Crippen molar-refractivity contribution in [1.29, 1.82) is 0 Å². The molecule has 9 heteroatoms. The highest BCUT2D eigenvalue weighted by molar-refractivity contribution is 7.71. The molecule has 1 N–H and O–H groups in total. The first-order valence-electron chi connectivity index (χ1n) is 10.2. The van der Waals surface area contributed by atoms with Gasteiger partial charge in [-0.2, -0.15) is 10.1 Å². The molecule has 2 aromatic carbocycles. The quantitative estimate of drug-likeness (QED) is 0.412. The van der Waals surface area contributed by atoms with E-state index < -0.39 is 0 Å². The van der Waals surface area contributed by atoms with Gasteiger partial charge in [0.1, 0.15) is 12.3 Å². The third kappa shape index (κ3) is 5.12.